The molecule has 0 fully saturated rings. The van der Waals surface area contributed by atoms with E-state index in [1.165, 1.54) is 0 Å². The van der Waals surface area contributed by atoms with Gasteiger partial charge in [-0.25, -0.2) is 8.42 Å². The van der Waals surface area contributed by atoms with E-state index in [0.717, 1.165) is 28.8 Å². The van der Waals surface area contributed by atoms with E-state index in [-0.39, 0.29) is 4.90 Å². The third-order valence-electron chi connectivity index (χ3n) is 4.10. The Morgan fingerprint density at radius 2 is 1.64 bits per heavy atom. The summed E-state index contributed by atoms with van der Waals surface area (Å²) in [6.07, 6.45) is 0.913. The molecule has 0 saturated carbocycles. The Morgan fingerprint density at radius 3 is 2.16 bits per heavy atom. The molecule has 2 aromatic carbocycles. The maximum atomic E-state index is 12.5. The zero-order chi connectivity index (χ0) is 18.0. The first kappa shape index (κ1) is 17.2. The Hall–Kier alpha value is -2.60. The molecule has 0 aliphatic rings. The largest absolute Gasteiger partial charge is 0.361 e. The van der Waals surface area contributed by atoms with Crippen LogP contribution in [0.3, 0.4) is 0 Å². The summed E-state index contributed by atoms with van der Waals surface area (Å²) in [5.74, 6) is 0.710. The lowest BCUT2D eigenvalue weighted by Crippen LogP contribution is -2.12. The fraction of sp³-hybridized carbons (Fsp3) is 0.211. The van der Waals surface area contributed by atoms with Crippen LogP contribution < -0.4 is 4.72 Å². The molecule has 6 heteroatoms. The highest BCUT2D eigenvalue weighted by atomic mass is 32.2. The minimum atomic E-state index is -3.63. The molecule has 0 spiro atoms. The second kappa shape index (κ2) is 6.72. The molecule has 0 unspecified atom stereocenters. The van der Waals surface area contributed by atoms with Crippen LogP contribution in [0.15, 0.2) is 57.9 Å². The van der Waals surface area contributed by atoms with Gasteiger partial charge in [0.2, 0.25) is 0 Å². The van der Waals surface area contributed by atoms with Crippen LogP contribution in [0.2, 0.25) is 0 Å². The van der Waals surface area contributed by atoms with Crippen LogP contribution in [0, 0.1) is 13.8 Å². The Balaban J connectivity index is 1.85. The average molecular weight is 356 g/mol. The van der Waals surface area contributed by atoms with Crippen molar-refractivity contribution in [3.63, 3.8) is 0 Å². The lowest BCUT2D eigenvalue weighted by molar-refractivity contribution is 0.393. The minimum absolute atomic E-state index is 0.211. The van der Waals surface area contributed by atoms with E-state index in [2.05, 4.69) is 16.8 Å². The lowest BCUT2D eigenvalue weighted by atomic mass is 10.0. The highest BCUT2D eigenvalue weighted by molar-refractivity contribution is 7.92. The average Bonchev–Trinajstić information content (AvgIpc) is 2.94. The second-order valence-electron chi connectivity index (χ2n) is 5.88. The molecule has 0 saturated heterocycles. The normalized spacial score (nSPS) is 11.5. The van der Waals surface area contributed by atoms with E-state index in [1.54, 1.807) is 36.4 Å². The van der Waals surface area contributed by atoms with Gasteiger partial charge in [0, 0.05) is 11.3 Å². The summed E-state index contributed by atoms with van der Waals surface area (Å²) < 4.78 is 32.9. The smallest absolute Gasteiger partial charge is 0.261 e. The first-order valence-corrected chi connectivity index (χ1v) is 9.54. The number of nitrogens with one attached hydrogen (secondary N) is 1. The number of aryl methyl sites for hydroxylation is 3. The van der Waals surface area contributed by atoms with E-state index in [9.17, 15) is 8.42 Å². The van der Waals surface area contributed by atoms with Crippen molar-refractivity contribution in [1.29, 1.82) is 0 Å². The summed E-state index contributed by atoms with van der Waals surface area (Å²) in [5, 5.41) is 3.93. The SMILES string of the molecule is CCc1ccc(NS(=O)(=O)c2ccc(-c3c(C)noc3C)cc2)cc1. The molecule has 25 heavy (non-hydrogen) atoms. The van der Waals surface area contributed by atoms with Gasteiger partial charge < -0.3 is 4.52 Å². The summed E-state index contributed by atoms with van der Waals surface area (Å²) in [6.45, 7) is 5.75. The molecule has 0 atom stereocenters. The second-order valence-corrected chi connectivity index (χ2v) is 7.56. The van der Waals surface area contributed by atoms with Gasteiger partial charge in [-0.1, -0.05) is 36.3 Å². The van der Waals surface area contributed by atoms with Crippen molar-refractivity contribution in [3.05, 3.63) is 65.5 Å². The lowest BCUT2D eigenvalue weighted by Gasteiger charge is -2.09. The Labute approximate surface area is 147 Å². The highest BCUT2D eigenvalue weighted by Crippen LogP contribution is 2.28. The standard InChI is InChI=1S/C19H20N2O3S/c1-4-15-5-9-17(10-6-15)21-25(22,23)18-11-7-16(8-12-18)19-13(2)20-24-14(19)3/h5-12,21H,4H2,1-3H3. The Kier molecular flexibility index (Phi) is 4.63. The van der Waals surface area contributed by atoms with Crippen molar-refractivity contribution in [2.75, 3.05) is 4.72 Å². The number of sulfonamides is 1. The van der Waals surface area contributed by atoms with Crippen molar-refractivity contribution < 1.29 is 12.9 Å². The molecule has 3 rings (SSSR count). The van der Waals surface area contributed by atoms with Crippen LogP contribution >= 0.6 is 0 Å². The number of hydrogen-bond acceptors (Lipinski definition) is 4. The predicted octanol–water partition coefficient (Wildman–Crippen LogP) is 4.32. The first-order chi connectivity index (χ1) is 11.9. The van der Waals surface area contributed by atoms with Gasteiger partial charge in [0.15, 0.2) is 0 Å². The van der Waals surface area contributed by atoms with Gasteiger partial charge in [-0.15, -0.1) is 0 Å². The monoisotopic (exact) mass is 356 g/mol. The molecule has 0 aliphatic heterocycles. The summed E-state index contributed by atoms with van der Waals surface area (Å²) in [4.78, 5) is 0.211. The molecule has 1 N–H and O–H groups in total. The van der Waals surface area contributed by atoms with Gasteiger partial charge in [0.25, 0.3) is 10.0 Å². The van der Waals surface area contributed by atoms with Crippen molar-refractivity contribution >= 4 is 15.7 Å². The molecule has 0 radical (unpaired) electrons. The summed E-state index contributed by atoms with van der Waals surface area (Å²) >= 11 is 0. The predicted molar refractivity (Wildman–Crippen MR) is 98.0 cm³/mol. The molecule has 1 aromatic heterocycles. The van der Waals surface area contributed by atoms with Gasteiger partial charge in [-0.05, 0) is 55.7 Å². The van der Waals surface area contributed by atoms with Crippen LogP contribution in [-0.4, -0.2) is 13.6 Å². The van der Waals surface area contributed by atoms with Gasteiger partial charge in [0.05, 0.1) is 10.6 Å². The molecule has 3 aromatic rings. The van der Waals surface area contributed by atoms with Gasteiger partial charge >= 0.3 is 0 Å². The number of hydrogen-bond donors (Lipinski definition) is 1. The third kappa shape index (κ3) is 3.58. The molecule has 130 valence electrons. The molecule has 0 bridgehead atoms. The number of anilines is 1. The summed E-state index contributed by atoms with van der Waals surface area (Å²) in [5.41, 5.74) is 4.26. The van der Waals surface area contributed by atoms with Gasteiger partial charge in [-0.2, -0.15) is 0 Å². The summed E-state index contributed by atoms with van der Waals surface area (Å²) in [6, 6.07) is 14.1. The van der Waals surface area contributed by atoms with Crippen LogP contribution in [0.5, 0.6) is 0 Å². The van der Waals surface area contributed by atoms with E-state index in [4.69, 9.17) is 4.52 Å². The van der Waals surface area contributed by atoms with Crippen molar-refractivity contribution in [1.82, 2.24) is 5.16 Å². The first-order valence-electron chi connectivity index (χ1n) is 8.06. The van der Waals surface area contributed by atoms with E-state index >= 15 is 0 Å². The van der Waals surface area contributed by atoms with Gasteiger partial charge in [-0.3, -0.25) is 4.72 Å². The summed E-state index contributed by atoms with van der Waals surface area (Å²) in [7, 11) is -3.63. The highest BCUT2D eigenvalue weighted by Gasteiger charge is 2.16. The number of benzene rings is 2. The van der Waals surface area contributed by atoms with E-state index in [0.29, 0.717) is 11.4 Å². The number of aromatic nitrogens is 1. The van der Waals surface area contributed by atoms with Crippen LogP contribution in [0.4, 0.5) is 5.69 Å². The maximum Gasteiger partial charge on any atom is 0.261 e. The van der Waals surface area contributed by atoms with Crippen molar-refractivity contribution in [2.24, 2.45) is 0 Å². The molecule has 1 heterocycles. The molecule has 0 aliphatic carbocycles. The van der Waals surface area contributed by atoms with Crippen LogP contribution in [0.1, 0.15) is 23.9 Å². The van der Waals surface area contributed by atoms with Gasteiger partial charge in [0.1, 0.15) is 5.76 Å². The number of rotatable bonds is 5. The van der Waals surface area contributed by atoms with Crippen molar-refractivity contribution in [3.8, 4) is 11.1 Å². The molecule has 5 nitrogen and oxygen atoms in total. The third-order valence-corrected chi connectivity index (χ3v) is 5.50. The Bertz CT molecular complexity index is 953. The zero-order valence-corrected chi connectivity index (χ0v) is 15.2. The Morgan fingerprint density at radius 1 is 1.00 bits per heavy atom. The zero-order valence-electron chi connectivity index (χ0n) is 14.4. The number of nitrogens with zero attached hydrogens (tertiary/aromatic N) is 1. The quantitative estimate of drug-likeness (QED) is 0.739. The van der Waals surface area contributed by atoms with E-state index < -0.39 is 10.0 Å². The van der Waals surface area contributed by atoms with Crippen molar-refractivity contribution in [2.45, 2.75) is 32.1 Å². The minimum Gasteiger partial charge on any atom is -0.361 e. The van der Waals surface area contributed by atoms with Crippen LogP contribution in [0.25, 0.3) is 11.1 Å². The van der Waals surface area contributed by atoms with Crippen LogP contribution in [-0.2, 0) is 16.4 Å². The molecular weight excluding hydrogens is 336 g/mol. The fourth-order valence-corrected chi connectivity index (χ4v) is 3.78. The maximum absolute atomic E-state index is 12.5. The fourth-order valence-electron chi connectivity index (χ4n) is 2.72. The topological polar surface area (TPSA) is 72.2 Å². The van der Waals surface area contributed by atoms with E-state index in [1.807, 2.05) is 26.0 Å². The molecular formula is C19H20N2O3S. The molecule has 0 amide bonds.